The minimum absolute atomic E-state index is 0.0363. The predicted molar refractivity (Wildman–Crippen MR) is 88.9 cm³/mol. The van der Waals surface area contributed by atoms with Crippen LogP contribution in [-0.4, -0.2) is 29.8 Å². The molecule has 1 aromatic heterocycles. The predicted octanol–water partition coefficient (Wildman–Crippen LogP) is 2.17. The lowest BCUT2D eigenvalue weighted by Gasteiger charge is -2.06. The van der Waals surface area contributed by atoms with E-state index in [2.05, 4.69) is 10.3 Å². The molecule has 0 fully saturated rings. The summed E-state index contributed by atoms with van der Waals surface area (Å²) in [5, 5.41) is 2.79. The van der Waals surface area contributed by atoms with Crippen molar-refractivity contribution in [2.24, 2.45) is 0 Å². The summed E-state index contributed by atoms with van der Waals surface area (Å²) < 4.78 is 4.76. The number of esters is 1. The van der Waals surface area contributed by atoms with Crippen molar-refractivity contribution in [1.82, 2.24) is 10.3 Å². The van der Waals surface area contributed by atoms with E-state index in [0.29, 0.717) is 23.5 Å². The Labute approximate surface area is 140 Å². The Balaban J connectivity index is 2.16. The van der Waals surface area contributed by atoms with Gasteiger partial charge in [-0.25, -0.2) is 4.79 Å². The van der Waals surface area contributed by atoms with Gasteiger partial charge < -0.3 is 15.0 Å². The van der Waals surface area contributed by atoms with Crippen molar-refractivity contribution in [3.63, 3.8) is 0 Å². The topological polar surface area (TPSA) is 88.3 Å². The number of nitrogens with one attached hydrogen (secondary N) is 2. The molecule has 0 saturated carbocycles. The maximum absolute atomic E-state index is 12.2. The number of carbonyl (C=O) groups excluding carboxylic acids is 3. The summed E-state index contributed by atoms with van der Waals surface area (Å²) in [5.41, 5.74) is 2.43. The molecule has 2 rings (SSSR count). The van der Waals surface area contributed by atoms with Crippen LogP contribution in [0.5, 0.6) is 0 Å². The van der Waals surface area contributed by atoms with Crippen molar-refractivity contribution in [2.75, 3.05) is 7.11 Å². The number of rotatable bonds is 6. The molecule has 2 N–H and O–H groups in total. The molecular formula is C18H20N2O4. The maximum atomic E-state index is 12.2. The van der Waals surface area contributed by atoms with Crippen molar-refractivity contribution >= 4 is 17.7 Å². The standard InChI is InChI=1S/C18H20N2O4/c1-11-16(18(23)24-3)14(20-17(11)12(2)21)9-15(22)19-10-13-7-5-4-6-8-13/h4-8,20H,9-10H2,1-3H3,(H,19,22). The molecule has 24 heavy (non-hydrogen) atoms. The van der Waals surface area contributed by atoms with Gasteiger partial charge in [-0.3, -0.25) is 9.59 Å². The number of H-pyrrole nitrogens is 1. The van der Waals surface area contributed by atoms with Gasteiger partial charge in [0.2, 0.25) is 5.91 Å². The van der Waals surface area contributed by atoms with Gasteiger partial charge in [0, 0.05) is 19.2 Å². The van der Waals surface area contributed by atoms with Crippen molar-refractivity contribution in [2.45, 2.75) is 26.8 Å². The van der Waals surface area contributed by atoms with Gasteiger partial charge in [0.15, 0.2) is 5.78 Å². The van der Waals surface area contributed by atoms with Crippen LogP contribution in [0.3, 0.4) is 0 Å². The van der Waals surface area contributed by atoms with Crippen LogP contribution in [0.15, 0.2) is 30.3 Å². The van der Waals surface area contributed by atoms with Gasteiger partial charge in [-0.15, -0.1) is 0 Å². The molecule has 1 heterocycles. The molecule has 126 valence electrons. The second-order valence-corrected chi connectivity index (χ2v) is 5.47. The van der Waals surface area contributed by atoms with Gasteiger partial charge in [-0.2, -0.15) is 0 Å². The summed E-state index contributed by atoms with van der Waals surface area (Å²) in [7, 11) is 1.27. The Hall–Kier alpha value is -2.89. The molecule has 2 aromatic rings. The Bertz CT molecular complexity index is 763. The van der Waals surface area contributed by atoms with Gasteiger partial charge in [0.05, 0.1) is 24.8 Å². The maximum Gasteiger partial charge on any atom is 0.339 e. The minimum Gasteiger partial charge on any atom is -0.465 e. The van der Waals surface area contributed by atoms with Gasteiger partial charge in [0.25, 0.3) is 0 Å². The van der Waals surface area contributed by atoms with E-state index in [0.717, 1.165) is 5.56 Å². The largest absolute Gasteiger partial charge is 0.465 e. The molecule has 0 radical (unpaired) electrons. The van der Waals surface area contributed by atoms with Gasteiger partial charge in [-0.05, 0) is 18.1 Å². The fraction of sp³-hybridized carbons (Fsp3) is 0.278. The number of benzene rings is 1. The van der Waals surface area contributed by atoms with E-state index in [9.17, 15) is 14.4 Å². The van der Waals surface area contributed by atoms with Crippen LogP contribution in [0.4, 0.5) is 0 Å². The zero-order valence-corrected chi connectivity index (χ0v) is 13.9. The number of hydrogen-bond donors (Lipinski definition) is 2. The molecule has 1 aromatic carbocycles. The SMILES string of the molecule is COC(=O)c1c(CC(=O)NCc2ccccc2)[nH]c(C(C)=O)c1C. The second kappa shape index (κ2) is 7.59. The van der Waals surface area contributed by atoms with E-state index in [1.165, 1.54) is 14.0 Å². The highest BCUT2D eigenvalue weighted by Crippen LogP contribution is 2.20. The molecule has 6 nitrogen and oxygen atoms in total. The van der Waals surface area contributed by atoms with E-state index in [1.807, 2.05) is 30.3 Å². The molecule has 0 spiro atoms. The number of carbonyl (C=O) groups is 3. The lowest BCUT2D eigenvalue weighted by Crippen LogP contribution is -2.25. The summed E-state index contributed by atoms with van der Waals surface area (Å²) >= 11 is 0. The number of aromatic nitrogens is 1. The molecule has 0 aliphatic carbocycles. The van der Waals surface area contributed by atoms with Crippen molar-refractivity contribution in [3.8, 4) is 0 Å². The van der Waals surface area contributed by atoms with E-state index in [4.69, 9.17) is 4.74 Å². The average molecular weight is 328 g/mol. The molecule has 0 unspecified atom stereocenters. The first-order valence-corrected chi connectivity index (χ1v) is 7.55. The summed E-state index contributed by atoms with van der Waals surface area (Å²) in [6.07, 6.45) is -0.0363. The first-order valence-electron chi connectivity index (χ1n) is 7.55. The van der Waals surface area contributed by atoms with Crippen LogP contribution in [0.2, 0.25) is 0 Å². The summed E-state index contributed by atoms with van der Waals surface area (Å²) in [6.45, 7) is 3.45. The van der Waals surface area contributed by atoms with E-state index in [-0.39, 0.29) is 23.7 Å². The number of amides is 1. The molecule has 0 aliphatic heterocycles. The van der Waals surface area contributed by atoms with Gasteiger partial charge in [-0.1, -0.05) is 30.3 Å². The Morgan fingerprint density at radius 2 is 1.83 bits per heavy atom. The van der Waals surface area contributed by atoms with Crippen molar-refractivity contribution in [1.29, 1.82) is 0 Å². The van der Waals surface area contributed by atoms with Crippen LogP contribution in [-0.2, 0) is 22.5 Å². The third kappa shape index (κ3) is 3.90. The number of ketones is 1. The monoisotopic (exact) mass is 328 g/mol. The summed E-state index contributed by atoms with van der Waals surface area (Å²) in [4.78, 5) is 38.7. The molecule has 0 bridgehead atoms. The zero-order chi connectivity index (χ0) is 17.7. The zero-order valence-electron chi connectivity index (χ0n) is 13.9. The quantitative estimate of drug-likeness (QED) is 0.628. The normalized spacial score (nSPS) is 10.3. The van der Waals surface area contributed by atoms with Crippen molar-refractivity contribution in [3.05, 3.63) is 58.4 Å². The summed E-state index contributed by atoms with van der Waals surface area (Å²) in [5.74, 6) is -1.02. The number of aromatic amines is 1. The first kappa shape index (κ1) is 17.5. The summed E-state index contributed by atoms with van der Waals surface area (Å²) in [6, 6.07) is 9.51. The molecular weight excluding hydrogens is 308 g/mol. The van der Waals surface area contributed by atoms with Gasteiger partial charge in [0.1, 0.15) is 0 Å². The van der Waals surface area contributed by atoms with E-state index < -0.39 is 5.97 Å². The highest BCUT2D eigenvalue weighted by molar-refractivity contribution is 6.01. The third-order valence-corrected chi connectivity index (χ3v) is 3.74. The number of methoxy groups -OCH3 is 1. The van der Waals surface area contributed by atoms with Crippen LogP contribution in [0.1, 0.15) is 44.6 Å². The van der Waals surface area contributed by atoms with E-state index in [1.54, 1.807) is 6.92 Å². The van der Waals surface area contributed by atoms with Gasteiger partial charge >= 0.3 is 5.97 Å². The lowest BCUT2D eigenvalue weighted by atomic mass is 10.1. The second-order valence-electron chi connectivity index (χ2n) is 5.47. The molecule has 6 heteroatoms. The van der Waals surface area contributed by atoms with Crippen LogP contribution in [0, 0.1) is 6.92 Å². The average Bonchev–Trinajstić information content (AvgIpc) is 2.89. The first-order chi connectivity index (χ1) is 11.4. The number of hydrogen-bond acceptors (Lipinski definition) is 4. The van der Waals surface area contributed by atoms with Crippen LogP contribution < -0.4 is 5.32 Å². The highest BCUT2D eigenvalue weighted by atomic mass is 16.5. The number of ether oxygens (including phenoxy) is 1. The van der Waals surface area contributed by atoms with Crippen molar-refractivity contribution < 1.29 is 19.1 Å². The Morgan fingerprint density at radius 1 is 1.17 bits per heavy atom. The Kier molecular flexibility index (Phi) is 5.52. The number of Topliss-reactive ketones (excluding diaryl/α,β-unsaturated/α-hetero) is 1. The molecule has 0 atom stereocenters. The lowest BCUT2D eigenvalue weighted by molar-refractivity contribution is -0.120. The smallest absolute Gasteiger partial charge is 0.339 e. The Morgan fingerprint density at radius 3 is 2.42 bits per heavy atom. The fourth-order valence-electron chi connectivity index (χ4n) is 2.54. The van der Waals surface area contributed by atoms with Crippen LogP contribution >= 0.6 is 0 Å². The third-order valence-electron chi connectivity index (χ3n) is 3.74. The molecule has 1 amide bonds. The molecule has 0 saturated heterocycles. The fourth-order valence-corrected chi connectivity index (χ4v) is 2.54. The highest BCUT2D eigenvalue weighted by Gasteiger charge is 2.24. The van der Waals surface area contributed by atoms with Crippen LogP contribution in [0.25, 0.3) is 0 Å². The minimum atomic E-state index is -0.567. The molecule has 0 aliphatic rings. The van der Waals surface area contributed by atoms with E-state index >= 15 is 0 Å².